The summed E-state index contributed by atoms with van der Waals surface area (Å²) < 4.78 is 1.00. The van der Waals surface area contributed by atoms with Crippen LogP contribution < -0.4 is 5.32 Å². The van der Waals surface area contributed by atoms with Gasteiger partial charge in [-0.25, -0.2) is 0 Å². The van der Waals surface area contributed by atoms with E-state index in [-0.39, 0.29) is 11.9 Å². The number of carbonyl (C=O) groups excluding carboxylic acids is 1. The average Bonchev–Trinajstić information content (AvgIpc) is 2.38. The summed E-state index contributed by atoms with van der Waals surface area (Å²) in [6.07, 6.45) is 4.41. The van der Waals surface area contributed by atoms with E-state index in [4.69, 9.17) is 11.6 Å². The maximum absolute atomic E-state index is 12.3. The molecule has 0 heterocycles. The topological polar surface area (TPSA) is 29.1 Å². The second-order valence-electron chi connectivity index (χ2n) is 5.32. The van der Waals surface area contributed by atoms with Crippen LogP contribution in [0.3, 0.4) is 0 Å². The van der Waals surface area contributed by atoms with Crippen molar-refractivity contribution in [2.75, 3.05) is 5.88 Å². The van der Waals surface area contributed by atoms with Gasteiger partial charge in [0.05, 0.1) is 0 Å². The molecule has 1 aromatic rings. The highest BCUT2D eigenvalue weighted by molar-refractivity contribution is 9.10. The van der Waals surface area contributed by atoms with Crippen LogP contribution in [0.15, 0.2) is 22.7 Å². The van der Waals surface area contributed by atoms with Gasteiger partial charge in [-0.3, -0.25) is 4.79 Å². The first kappa shape index (κ1) is 14.9. The van der Waals surface area contributed by atoms with Crippen molar-refractivity contribution in [1.82, 2.24) is 5.32 Å². The van der Waals surface area contributed by atoms with Gasteiger partial charge in [0, 0.05) is 22.0 Å². The Morgan fingerprint density at radius 1 is 1.47 bits per heavy atom. The average molecular weight is 345 g/mol. The Labute approximate surface area is 128 Å². The smallest absolute Gasteiger partial charge is 0.251 e. The molecule has 104 valence electrons. The number of halogens is 2. The maximum Gasteiger partial charge on any atom is 0.251 e. The standard InChI is InChI=1S/C15H19BrClNO/c1-10-7-12(16)5-6-14(10)15(19)18-13-4-2-3-11(8-13)9-17/h5-7,11,13H,2-4,8-9H2,1H3,(H,18,19). The number of alkyl halides is 1. The summed E-state index contributed by atoms with van der Waals surface area (Å²) in [6, 6.07) is 6.02. The molecule has 0 radical (unpaired) electrons. The van der Waals surface area contributed by atoms with Crippen LogP contribution in [-0.4, -0.2) is 17.8 Å². The number of rotatable bonds is 3. The fraction of sp³-hybridized carbons (Fsp3) is 0.533. The van der Waals surface area contributed by atoms with Crippen LogP contribution in [0.25, 0.3) is 0 Å². The Bertz CT molecular complexity index is 463. The monoisotopic (exact) mass is 343 g/mol. The van der Waals surface area contributed by atoms with E-state index in [1.54, 1.807) is 0 Å². The third kappa shape index (κ3) is 3.96. The SMILES string of the molecule is Cc1cc(Br)ccc1C(=O)NC1CCCC(CCl)C1. The molecule has 2 atom stereocenters. The number of aryl methyl sites for hydroxylation is 1. The minimum absolute atomic E-state index is 0.0326. The largest absolute Gasteiger partial charge is 0.349 e. The van der Waals surface area contributed by atoms with E-state index in [0.29, 0.717) is 11.8 Å². The Hall–Kier alpha value is -0.540. The normalized spacial score (nSPS) is 23.1. The minimum atomic E-state index is 0.0326. The van der Waals surface area contributed by atoms with Crippen molar-refractivity contribution in [2.24, 2.45) is 5.92 Å². The van der Waals surface area contributed by atoms with Crippen LogP contribution in [-0.2, 0) is 0 Å². The van der Waals surface area contributed by atoms with Gasteiger partial charge in [-0.2, -0.15) is 0 Å². The maximum atomic E-state index is 12.3. The fourth-order valence-electron chi connectivity index (χ4n) is 2.71. The van der Waals surface area contributed by atoms with Crippen molar-refractivity contribution in [1.29, 1.82) is 0 Å². The van der Waals surface area contributed by atoms with Crippen LogP contribution in [0, 0.1) is 12.8 Å². The fourth-order valence-corrected chi connectivity index (χ4v) is 3.46. The molecule has 1 aliphatic carbocycles. The second-order valence-corrected chi connectivity index (χ2v) is 6.54. The van der Waals surface area contributed by atoms with Crippen LogP contribution in [0.4, 0.5) is 0 Å². The Morgan fingerprint density at radius 2 is 2.26 bits per heavy atom. The van der Waals surface area contributed by atoms with E-state index < -0.39 is 0 Å². The summed E-state index contributed by atoms with van der Waals surface area (Å²) in [4.78, 5) is 12.3. The van der Waals surface area contributed by atoms with E-state index in [1.165, 1.54) is 6.42 Å². The van der Waals surface area contributed by atoms with Gasteiger partial charge in [0.1, 0.15) is 0 Å². The first-order valence-electron chi connectivity index (χ1n) is 6.73. The number of carbonyl (C=O) groups is 1. The Morgan fingerprint density at radius 3 is 2.95 bits per heavy atom. The molecule has 0 bridgehead atoms. The minimum Gasteiger partial charge on any atom is -0.349 e. The van der Waals surface area contributed by atoms with Gasteiger partial charge in [-0.05, 0) is 55.9 Å². The van der Waals surface area contributed by atoms with E-state index in [1.807, 2.05) is 25.1 Å². The highest BCUT2D eigenvalue weighted by atomic mass is 79.9. The molecule has 1 fully saturated rings. The second kappa shape index (κ2) is 6.76. The third-order valence-electron chi connectivity index (χ3n) is 3.77. The number of hydrogen-bond acceptors (Lipinski definition) is 1. The van der Waals surface area contributed by atoms with E-state index in [9.17, 15) is 4.79 Å². The molecule has 19 heavy (non-hydrogen) atoms. The lowest BCUT2D eigenvalue weighted by atomic mass is 9.87. The van der Waals surface area contributed by atoms with Crippen molar-refractivity contribution >= 4 is 33.4 Å². The summed E-state index contributed by atoms with van der Waals surface area (Å²) in [5, 5.41) is 3.15. The summed E-state index contributed by atoms with van der Waals surface area (Å²) in [6.45, 7) is 1.96. The zero-order valence-corrected chi connectivity index (χ0v) is 13.4. The quantitative estimate of drug-likeness (QED) is 0.815. The highest BCUT2D eigenvalue weighted by Crippen LogP contribution is 2.25. The van der Waals surface area contributed by atoms with Crippen LogP contribution >= 0.6 is 27.5 Å². The number of nitrogens with one attached hydrogen (secondary N) is 1. The lowest BCUT2D eigenvalue weighted by Crippen LogP contribution is -2.39. The zero-order chi connectivity index (χ0) is 13.8. The van der Waals surface area contributed by atoms with Crippen LogP contribution in [0.2, 0.25) is 0 Å². The highest BCUT2D eigenvalue weighted by Gasteiger charge is 2.23. The molecule has 4 heteroatoms. The Kier molecular flexibility index (Phi) is 5.28. The number of amides is 1. The molecule has 2 unspecified atom stereocenters. The van der Waals surface area contributed by atoms with Crippen molar-refractivity contribution in [3.05, 3.63) is 33.8 Å². The predicted molar refractivity (Wildman–Crippen MR) is 82.8 cm³/mol. The lowest BCUT2D eigenvalue weighted by molar-refractivity contribution is 0.0921. The summed E-state index contributed by atoms with van der Waals surface area (Å²) in [5.41, 5.74) is 1.76. The first-order valence-corrected chi connectivity index (χ1v) is 8.06. The molecule has 1 saturated carbocycles. The molecule has 1 aromatic carbocycles. The van der Waals surface area contributed by atoms with Crippen LogP contribution in [0.1, 0.15) is 41.6 Å². The Balaban J connectivity index is 2.00. The van der Waals surface area contributed by atoms with Gasteiger partial charge in [0.15, 0.2) is 0 Å². The molecule has 1 N–H and O–H groups in total. The molecule has 0 saturated heterocycles. The van der Waals surface area contributed by atoms with Gasteiger partial charge >= 0.3 is 0 Å². The molecular formula is C15H19BrClNO. The molecule has 2 rings (SSSR count). The van der Waals surface area contributed by atoms with Crippen molar-refractivity contribution in [2.45, 2.75) is 38.6 Å². The molecule has 1 aliphatic rings. The predicted octanol–water partition coefficient (Wildman–Crippen LogP) is 4.28. The summed E-state index contributed by atoms with van der Waals surface area (Å²) in [7, 11) is 0. The van der Waals surface area contributed by atoms with E-state index >= 15 is 0 Å². The van der Waals surface area contributed by atoms with Crippen molar-refractivity contribution in [3.8, 4) is 0 Å². The van der Waals surface area contributed by atoms with E-state index in [0.717, 1.165) is 34.9 Å². The lowest BCUT2D eigenvalue weighted by Gasteiger charge is -2.28. The molecule has 0 spiro atoms. The van der Waals surface area contributed by atoms with Gasteiger partial charge < -0.3 is 5.32 Å². The van der Waals surface area contributed by atoms with Gasteiger partial charge in [-0.15, -0.1) is 11.6 Å². The van der Waals surface area contributed by atoms with Crippen LogP contribution in [0.5, 0.6) is 0 Å². The summed E-state index contributed by atoms with van der Waals surface area (Å²) >= 11 is 9.34. The summed E-state index contributed by atoms with van der Waals surface area (Å²) in [5.74, 6) is 1.28. The van der Waals surface area contributed by atoms with Gasteiger partial charge in [-0.1, -0.05) is 22.4 Å². The zero-order valence-electron chi connectivity index (χ0n) is 11.1. The molecule has 1 amide bonds. The van der Waals surface area contributed by atoms with Gasteiger partial charge in [0.2, 0.25) is 0 Å². The first-order chi connectivity index (χ1) is 9.10. The molecule has 0 aromatic heterocycles. The number of hydrogen-bond donors (Lipinski definition) is 1. The third-order valence-corrected chi connectivity index (χ3v) is 4.70. The van der Waals surface area contributed by atoms with Crippen molar-refractivity contribution < 1.29 is 4.79 Å². The van der Waals surface area contributed by atoms with E-state index in [2.05, 4.69) is 21.2 Å². The molecule has 0 aliphatic heterocycles. The number of benzene rings is 1. The van der Waals surface area contributed by atoms with Gasteiger partial charge in [0.25, 0.3) is 5.91 Å². The molecular weight excluding hydrogens is 326 g/mol. The molecule has 2 nitrogen and oxygen atoms in total. The van der Waals surface area contributed by atoms with Crippen molar-refractivity contribution in [3.63, 3.8) is 0 Å².